The average molecular weight is 316 g/mol. The van der Waals surface area contributed by atoms with Crippen molar-refractivity contribution < 1.29 is 9.84 Å². The third kappa shape index (κ3) is 3.97. The van der Waals surface area contributed by atoms with Crippen LogP contribution in [0.3, 0.4) is 0 Å². The molecule has 0 aliphatic heterocycles. The second-order valence-corrected chi connectivity index (χ2v) is 4.64. The lowest BCUT2D eigenvalue weighted by Gasteiger charge is -2.24. The highest BCUT2D eigenvalue weighted by Crippen LogP contribution is 2.23. The molecular formula is C12H18BrN3O2. The van der Waals surface area contributed by atoms with Gasteiger partial charge >= 0.3 is 0 Å². The largest absolute Gasteiger partial charge is 0.395 e. The molecule has 0 aliphatic carbocycles. The van der Waals surface area contributed by atoms with Gasteiger partial charge in [0.25, 0.3) is 0 Å². The van der Waals surface area contributed by atoms with Crippen molar-refractivity contribution in [1.29, 1.82) is 5.41 Å². The van der Waals surface area contributed by atoms with E-state index in [9.17, 15) is 0 Å². The van der Waals surface area contributed by atoms with Crippen molar-refractivity contribution >= 4 is 27.5 Å². The number of hydrogen-bond acceptors (Lipinski definition) is 4. The van der Waals surface area contributed by atoms with Crippen molar-refractivity contribution in [3.63, 3.8) is 0 Å². The van der Waals surface area contributed by atoms with Gasteiger partial charge in [0.05, 0.1) is 13.2 Å². The van der Waals surface area contributed by atoms with Gasteiger partial charge in [0.15, 0.2) is 0 Å². The Kier molecular flexibility index (Phi) is 6.11. The summed E-state index contributed by atoms with van der Waals surface area (Å²) in [6.07, 6.45) is 0. The minimum atomic E-state index is 0.0269. The summed E-state index contributed by atoms with van der Waals surface area (Å²) in [6.45, 7) is 1.90. The minimum absolute atomic E-state index is 0.0269. The maximum absolute atomic E-state index is 9.06. The van der Waals surface area contributed by atoms with Crippen LogP contribution in [0, 0.1) is 5.41 Å². The van der Waals surface area contributed by atoms with E-state index in [2.05, 4.69) is 15.9 Å². The summed E-state index contributed by atoms with van der Waals surface area (Å²) in [5.41, 5.74) is 7.08. The van der Waals surface area contributed by atoms with Crippen LogP contribution in [0.2, 0.25) is 0 Å². The molecule has 5 nitrogen and oxygen atoms in total. The van der Waals surface area contributed by atoms with Gasteiger partial charge in [0.2, 0.25) is 0 Å². The molecule has 0 amide bonds. The Bertz CT molecular complexity index is 412. The fourth-order valence-electron chi connectivity index (χ4n) is 1.61. The SMILES string of the molecule is COCCN(CCO)c1ccc(C(=N)N)c(Br)c1. The quantitative estimate of drug-likeness (QED) is 0.521. The number of methoxy groups -OCH3 is 1. The molecule has 0 atom stereocenters. The molecule has 1 rings (SSSR count). The van der Waals surface area contributed by atoms with Crippen molar-refractivity contribution in [3.05, 3.63) is 28.2 Å². The standard InChI is InChI=1S/C12H18BrN3O2/c1-18-7-5-16(4-6-17)9-2-3-10(12(14)15)11(13)8-9/h2-3,8,17H,4-7H2,1H3,(H3,14,15). The summed E-state index contributed by atoms with van der Waals surface area (Å²) in [5, 5.41) is 16.5. The first-order valence-electron chi connectivity index (χ1n) is 5.58. The number of anilines is 1. The zero-order valence-electron chi connectivity index (χ0n) is 10.3. The third-order valence-corrected chi connectivity index (χ3v) is 3.20. The van der Waals surface area contributed by atoms with Crippen molar-refractivity contribution in [1.82, 2.24) is 0 Å². The molecule has 0 fully saturated rings. The fourth-order valence-corrected chi connectivity index (χ4v) is 2.19. The van der Waals surface area contributed by atoms with E-state index in [-0.39, 0.29) is 12.4 Å². The summed E-state index contributed by atoms with van der Waals surface area (Å²) < 4.78 is 5.81. The highest BCUT2D eigenvalue weighted by Gasteiger charge is 2.09. The number of nitrogens with zero attached hydrogens (tertiary/aromatic N) is 1. The molecule has 0 saturated carbocycles. The van der Waals surface area contributed by atoms with E-state index in [0.717, 1.165) is 10.2 Å². The van der Waals surface area contributed by atoms with Crippen molar-refractivity contribution in [3.8, 4) is 0 Å². The molecule has 0 saturated heterocycles. The van der Waals surface area contributed by atoms with Gasteiger partial charge in [-0.2, -0.15) is 0 Å². The number of nitrogens with two attached hydrogens (primary N) is 1. The van der Waals surface area contributed by atoms with Crippen LogP contribution in [0.5, 0.6) is 0 Å². The van der Waals surface area contributed by atoms with Gasteiger partial charge in [-0.1, -0.05) is 0 Å². The lowest BCUT2D eigenvalue weighted by atomic mass is 10.2. The maximum atomic E-state index is 9.06. The molecule has 100 valence electrons. The topological polar surface area (TPSA) is 82.6 Å². The van der Waals surface area contributed by atoms with Crippen LogP contribution in [-0.4, -0.2) is 44.4 Å². The number of aliphatic hydroxyl groups is 1. The molecule has 4 N–H and O–H groups in total. The number of rotatable bonds is 7. The highest BCUT2D eigenvalue weighted by atomic mass is 79.9. The molecule has 0 aliphatic rings. The molecule has 1 aromatic rings. The Morgan fingerprint density at radius 1 is 1.50 bits per heavy atom. The Morgan fingerprint density at radius 3 is 2.72 bits per heavy atom. The van der Waals surface area contributed by atoms with Crippen LogP contribution in [0.1, 0.15) is 5.56 Å². The normalized spacial score (nSPS) is 10.4. The number of hydrogen-bond donors (Lipinski definition) is 3. The van der Waals surface area contributed by atoms with Crippen LogP contribution in [0.15, 0.2) is 22.7 Å². The van der Waals surface area contributed by atoms with E-state index in [0.29, 0.717) is 25.3 Å². The molecule has 0 spiro atoms. The molecule has 1 aromatic carbocycles. The first-order valence-corrected chi connectivity index (χ1v) is 6.38. The summed E-state index contributed by atoms with van der Waals surface area (Å²) in [6, 6.07) is 5.56. The number of amidine groups is 1. The molecule has 18 heavy (non-hydrogen) atoms. The zero-order chi connectivity index (χ0) is 13.5. The molecule has 0 bridgehead atoms. The predicted octanol–water partition coefficient (Wildman–Crippen LogP) is 1.18. The number of halogens is 1. The Morgan fingerprint density at radius 2 is 2.22 bits per heavy atom. The second kappa shape index (κ2) is 7.35. The smallest absolute Gasteiger partial charge is 0.123 e. The van der Waals surface area contributed by atoms with Crippen molar-refractivity contribution in [2.75, 3.05) is 38.3 Å². The Balaban J connectivity index is 2.91. The number of benzene rings is 1. The highest BCUT2D eigenvalue weighted by molar-refractivity contribution is 9.10. The summed E-state index contributed by atoms with van der Waals surface area (Å²) in [7, 11) is 1.64. The van der Waals surface area contributed by atoms with Crippen LogP contribution in [0.25, 0.3) is 0 Å². The molecular weight excluding hydrogens is 298 g/mol. The van der Waals surface area contributed by atoms with E-state index in [1.54, 1.807) is 13.2 Å². The van der Waals surface area contributed by atoms with Crippen LogP contribution < -0.4 is 10.6 Å². The number of nitrogens with one attached hydrogen (secondary N) is 1. The van der Waals surface area contributed by atoms with Gasteiger partial charge in [-0.15, -0.1) is 0 Å². The molecule has 6 heteroatoms. The van der Waals surface area contributed by atoms with Gasteiger partial charge in [0.1, 0.15) is 5.84 Å². The van der Waals surface area contributed by atoms with E-state index < -0.39 is 0 Å². The van der Waals surface area contributed by atoms with E-state index in [1.807, 2.05) is 17.0 Å². The summed E-state index contributed by atoms with van der Waals surface area (Å²) in [5.74, 6) is 0.0269. The number of aliphatic hydroxyl groups excluding tert-OH is 1. The maximum Gasteiger partial charge on any atom is 0.123 e. The first-order chi connectivity index (χ1) is 8.60. The Hall–Kier alpha value is -1.11. The first kappa shape index (κ1) is 14.9. The van der Waals surface area contributed by atoms with E-state index >= 15 is 0 Å². The van der Waals surface area contributed by atoms with Crippen LogP contribution >= 0.6 is 15.9 Å². The third-order valence-electron chi connectivity index (χ3n) is 2.54. The van der Waals surface area contributed by atoms with Gasteiger partial charge in [-0.3, -0.25) is 5.41 Å². The lowest BCUT2D eigenvalue weighted by Crippen LogP contribution is -2.30. The monoisotopic (exact) mass is 315 g/mol. The van der Waals surface area contributed by atoms with Crippen molar-refractivity contribution in [2.24, 2.45) is 5.73 Å². The zero-order valence-corrected chi connectivity index (χ0v) is 11.9. The van der Waals surface area contributed by atoms with Gasteiger partial charge in [-0.05, 0) is 34.1 Å². The fraction of sp³-hybridized carbons (Fsp3) is 0.417. The van der Waals surface area contributed by atoms with Crippen LogP contribution in [0.4, 0.5) is 5.69 Å². The van der Waals surface area contributed by atoms with Gasteiger partial charge < -0.3 is 20.5 Å². The lowest BCUT2D eigenvalue weighted by molar-refractivity contribution is 0.203. The van der Waals surface area contributed by atoms with E-state index in [4.69, 9.17) is 21.0 Å². The van der Waals surface area contributed by atoms with Crippen LogP contribution in [-0.2, 0) is 4.74 Å². The molecule has 0 unspecified atom stereocenters. The average Bonchev–Trinajstić information content (AvgIpc) is 2.33. The van der Waals surface area contributed by atoms with Gasteiger partial charge in [-0.25, -0.2) is 0 Å². The molecule has 0 aromatic heterocycles. The number of nitrogen functional groups attached to an aromatic ring is 1. The minimum Gasteiger partial charge on any atom is -0.395 e. The van der Waals surface area contributed by atoms with Crippen molar-refractivity contribution in [2.45, 2.75) is 0 Å². The molecule has 0 heterocycles. The number of ether oxygens (including phenoxy) is 1. The molecule has 0 radical (unpaired) electrons. The Labute approximate surface area is 115 Å². The predicted molar refractivity (Wildman–Crippen MR) is 76.3 cm³/mol. The summed E-state index contributed by atoms with van der Waals surface area (Å²) >= 11 is 3.39. The second-order valence-electron chi connectivity index (χ2n) is 3.78. The summed E-state index contributed by atoms with van der Waals surface area (Å²) in [4.78, 5) is 2.01. The van der Waals surface area contributed by atoms with E-state index in [1.165, 1.54) is 0 Å². The van der Waals surface area contributed by atoms with Gasteiger partial charge in [0, 0.05) is 35.9 Å².